The maximum absolute atomic E-state index is 11.1. The fourth-order valence-corrected chi connectivity index (χ4v) is 2.93. The van der Waals surface area contributed by atoms with Gasteiger partial charge in [0.15, 0.2) is 0 Å². The Morgan fingerprint density at radius 3 is 2.90 bits per heavy atom. The molecule has 0 unspecified atom stereocenters. The molecule has 1 aliphatic heterocycles. The number of ether oxygens (including phenoxy) is 1. The van der Waals surface area contributed by atoms with Crippen LogP contribution in [0.25, 0.3) is 0 Å². The highest BCUT2D eigenvalue weighted by Gasteiger charge is 2.32. The predicted molar refractivity (Wildman–Crippen MR) is 83.5 cm³/mol. The highest BCUT2D eigenvalue weighted by Crippen LogP contribution is 2.31. The Kier molecular flexibility index (Phi) is 5.49. The number of pyridine rings is 1. The van der Waals surface area contributed by atoms with Crippen LogP contribution in [0.1, 0.15) is 12.8 Å². The summed E-state index contributed by atoms with van der Waals surface area (Å²) >= 11 is 3.20. The summed E-state index contributed by atoms with van der Waals surface area (Å²) < 4.78 is 5.93. The van der Waals surface area contributed by atoms with Gasteiger partial charge in [-0.1, -0.05) is 0 Å². The molecular formula is C13H19BrN4O3. The average molecular weight is 359 g/mol. The van der Waals surface area contributed by atoms with Crippen LogP contribution in [0.5, 0.6) is 0 Å². The van der Waals surface area contributed by atoms with Crippen LogP contribution in [0.4, 0.5) is 11.5 Å². The van der Waals surface area contributed by atoms with Gasteiger partial charge in [0.1, 0.15) is 0 Å². The molecule has 1 aromatic heterocycles. The molecule has 7 nitrogen and oxygen atoms in total. The fourth-order valence-electron chi connectivity index (χ4n) is 2.61. The molecule has 0 atom stereocenters. The van der Waals surface area contributed by atoms with Crippen molar-refractivity contribution in [3.63, 3.8) is 0 Å². The number of methoxy groups -OCH3 is 1. The number of nitrogens with one attached hydrogen (secondary N) is 2. The van der Waals surface area contributed by atoms with E-state index in [-0.39, 0.29) is 11.1 Å². The van der Waals surface area contributed by atoms with E-state index < -0.39 is 4.92 Å². The van der Waals surface area contributed by atoms with Gasteiger partial charge in [-0.25, -0.2) is 4.98 Å². The van der Waals surface area contributed by atoms with E-state index >= 15 is 0 Å². The van der Waals surface area contributed by atoms with Crippen molar-refractivity contribution in [1.82, 2.24) is 10.3 Å². The zero-order chi connectivity index (χ0) is 15.3. The molecule has 0 radical (unpaired) electrons. The molecule has 1 aromatic rings. The van der Waals surface area contributed by atoms with Crippen LogP contribution in [-0.2, 0) is 4.74 Å². The van der Waals surface area contributed by atoms with Crippen molar-refractivity contribution < 1.29 is 9.66 Å². The molecule has 116 valence electrons. The molecule has 1 aliphatic rings. The summed E-state index contributed by atoms with van der Waals surface area (Å²) in [6.07, 6.45) is 3.50. The molecule has 0 aliphatic carbocycles. The summed E-state index contributed by atoms with van der Waals surface area (Å²) in [5, 5.41) is 17.6. The van der Waals surface area contributed by atoms with Gasteiger partial charge in [0.25, 0.3) is 0 Å². The molecule has 21 heavy (non-hydrogen) atoms. The first-order valence-corrected chi connectivity index (χ1v) is 7.59. The zero-order valence-electron chi connectivity index (χ0n) is 11.9. The minimum atomic E-state index is -0.425. The Morgan fingerprint density at radius 2 is 2.29 bits per heavy atom. The van der Waals surface area contributed by atoms with Crippen LogP contribution in [-0.4, -0.2) is 43.3 Å². The van der Waals surface area contributed by atoms with E-state index in [1.165, 1.54) is 6.07 Å². The Morgan fingerprint density at radius 1 is 1.57 bits per heavy atom. The molecule has 1 fully saturated rings. The summed E-state index contributed by atoms with van der Waals surface area (Å²) in [4.78, 5) is 14.8. The Hall–Kier alpha value is -1.25. The first-order valence-electron chi connectivity index (χ1n) is 6.80. The van der Waals surface area contributed by atoms with Crippen LogP contribution >= 0.6 is 15.9 Å². The zero-order valence-corrected chi connectivity index (χ0v) is 13.5. The van der Waals surface area contributed by atoms with E-state index in [1.807, 2.05) is 0 Å². The predicted octanol–water partition coefficient (Wildman–Crippen LogP) is 2.18. The first kappa shape index (κ1) is 16.1. The Labute approximate surface area is 131 Å². The third-order valence-electron chi connectivity index (χ3n) is 3.78. The van der Waals surface area contributed by atoms with E-state index in [9.17, 15) is 10.1 Å². The van der Waals surface area contributed by atoms with Crippen molar-refractivity contribution in [2.24, 2.45) is 5.41 Å². The molecule has 2 heterocycles. The Balaban J connectivity index is 2.12. The smallest absolute Gasteiger partial charge is 0.312 e. The van der Waals surface area contributed by atoms with Gasteiger partial charge in [-0.3, -0.25) is 10.1 Å². The number of nitrogens with zero attached hydrogens (tertiary/aromatic N) is 2. The molecule has 1 saturated heterocycles. The first-order chi connectivity index (χ1) is 10.1. The number of anilines is 1. The number of hydrogen-bond acceptors (Lipinski definition) is 6. The van der Waals surface area contributed by atoms with Crippen molar-refractivity contribution in [3.8, 4) is 0 Å². The van der Waals surface area contributed by atoms with E-state index in [0.717, 1.165) is 25.9 Å². The van der Waals surface area contributed by atoms with Crippen LogP contribution in [0.15, 0.2) is 16.7 Å². The maximum atomic E-state index is 11.1. The van der Waals surface area contributed by atoms with Gasteiger partial charge in [-0.15, -0.1) is 0 Å². The molecular weight excluding hydrogens is 340 g/mol. The van der Waals surface area contributed by atoms with Gasteiger partial charge in [-0.05, 0) is 41.9 Å². The molecule has 0 spiro atoms. The fraction of sp³-hybridized carbons (Fsp3) is 0.615. The van der Waals surface area contributed by atoms with Crippen LogP contribution in [0.3, 0.4) is 0 Å². The van der Waals surface area contributed by atoms with Gasteiger partial charge in [0.05, 0.1) is 11.5 Å². The highest BCUT2D eigenvalue weighted by atomic mass is 79.9. The monoisotopic (exact) mass is 358 g/mol. The normalized spacial score (nSPS) is 17.4. The van der Waals surface area contributed by atoms with Crippen molar-refractivity contribution in [2.75, 3.05) is 38.7 Å². The molecule has 0 amide bonds. The number of piperidine rings is 1. The van der Waals surface area contributed by atoms with Crippen molar-refractivity contribution in [2.45, 2.75) is 12.8 Å². The summed E-state index contributed by atoms with van der Waals surface area (Å²) in [5.41, 5.74) is -0.0336. The quantitative estimate of drug-likeness (QED) is 0.598. The third kappa shape index (κ3) is 4.12. The second-order valence-corrected chi connectivity index (χ2v) is 6.23. The number of aromatic nitrogens is 1. The lowest BCUT2D eigenvalue weighted by Gasteiger charge is -2.37. The van der Waals surface area contributed by atoms with Gasteiger partial charge in [-0.2, -0.15) is 0 Å². The number of nitro groups is 1. The van der Waals surface area contributed by atoms with Crippen molar-refractivity contribution >= 4 is 27.4 Å². The van der Waals surface area contributed by atoms with E-state index in [2.05, 4.69) is 31.5 Å². The molecule has 0 saturated carbocycles. The standard InChI is InChI=1S/C13H19BrN4O3/c1-21-9-13(2-4-15-5-3-13)8-17-12-11(18(19)20)6-10(14)7-16-12/h6-7,15H,2-5,8-9H2,1H3,(H,16,17). The number of hydrogen-bond donors (Lipinski definition) is 2. The lowest BCUT2D eigenvalue weighted by molar-refractivity contribution is -0.384. The van der Waals surface area contributed by atoms with E-state index in [4.69, 9.17) is 4.74 Å². The van der Waals surface area contributed by atoms with Gasteiger partial charge >= 0.3 is 5.69 Å². The van der Waals surface area contributed by atoms with Crippen molar-refractivity contribution in [1.29, 1.82) is 0 Å². The van der Waals surface area contributed by atoms with E-state index in [1.54, 1.807) is 13.3 Å². The number of halogens is 1. The molecule has 8 heteroatoms. The second kappa shape index (κ2) is 7.15. The van der Waals surface area contributed by atoms with Gasteiger partial charge in [0, 0.05) is 35.8 Å². The minimum absolute atomic E-state index is 0.0113. The van der Waals surface area contributed by atoms with Gasteiger partial charge in [0.2, 0.25) is 5.82 Å². The Bertz CT molecular complexity index is 501. The lowest BCUT2D eigenvalue weighted by Crippen LogP contribution is -2.44. The largest absolute Gasteiger partial charge is 0.384 e. The summed E-state index contributed by atoms with van der Waals surface area (Å²) in [6.45, 7) is 3.10. The minimum Gasteiger partial charge on any atom is -0.384 e. The molecule has 0 bridgehead atoms. The summed E-state index contributed by atoms with van der Waals surface area (Å²) in [7, 11) is 1.68. The molecule has 0 aromatic carbocycles. The maximum Gasteiger partial charge on any atom is 0.312 e. The van der Waals surface area contributed by atoms with E-state index in [0.29, 0.717) is 23.4 Å². The van der Waals surface area contributed by atoms with Crippen LogP contribution in [0, 0.1) is 15.5 Å². The van der Waals surface area contributed by atoms with Crippen LogP contribution in [0.2, 0.25) is 0 Å². The third-order valence-corrected chi connectivity index (χ3v) is 4.21. The van der Waals surface area contributed by atoms with Crippen molar-refractivity contribution in [3.05, 3.63) is 26.9 Å². The topological polar surface area (TPSA) is 89.3 Å². The molecule has 2 rings (SSSR count). The second-order valence-electron chi connectivity index (χ2n) is 5.31. The molecule has 2 N–H and O–H groups in total. The number of rotatable bonds is 6. The lowest BCUT2D eigenvalue weighted by atomic mass is 9.79. The highest BCUT2D eigenvalue weighted by molar-refractivity contribution is 9.10. The van der Waals surface area contributed by atoms with Crippen LogP contribution < -0.4 is 10.6 Å². The summed E-state index contributed by atoms with van der Waals surface area (Å²) in [5.74, 6) is 0.303. The average Bonchev–Trinajstić information content (AvgIpc) is 2.47. The SMILES string of the molecule is COCC1(CNc2ncc(Br)cc2[N+](=O)[O-])CCNCC1. The van der Waals surface area contributed by atoms with Gasteiger partial charge < -0.3 is 15.4 Å². The summed E-state index contributed by atoms with van der Waals surface area (Å²) in [6, 6.07) is 1.46.